The zero-order chi connectivity index (χ0) is 15.4. The Morgan fingerprint density at radius 3 is 2.52 bits per heavy atom. The summed E-state index contributed by atoms with van der Waals surface area (Å²) in [4.78, 5) is 13.9. The fraction of sp³-hybridized carbons (Fsp3) is 0.235. The van der Waals surface area contributed by atoms with Crippen molar-refractivity contribution in [1.82, 2.24) is 4.90 Å². The van der Waals surface area contributed by atoms with Gasteiger partial charge < -0.3 is 5.11 Å². The van der Waals surface area contributed by atoms with E-state index in [1.165, 1.54) is 11.6 Å². The number of phenolic OH excluding ortho intramolecular Hbond substituents is 1. The largest absolute Gasteiger partial charge is 0.507 e. The smallest absolute Gasteiger partial charge is 0.180 e. The summed E-state index contributed by atoms with van der Waals surface area (Å²) >= 11 is 0. The molecule has 0 aromatic heterocycles. The number of rotatable bonds is 5. The standard InChI is InChI=1S/C17H18FNO2/c1-12-3-5-13(6-4-12)10-19(2)11-17(21)15-9-14(18)7-8-16(15)20/h3-9,20H,10-11H2,1-2H3. The van der Waals surface area contributed by atoms with Crippen LogP contribution in [0.1, 0.15) is 21.5 Å². The van der Waals surface area contributed by atoms with Crippen LogP contribution in [0.15, 0.2) is 42.5 Å². The molecule has 0 spiro atoms. The summed E-state index contributed by atoms with van der Waals surface area (Å²) in [6.07, 6.45) is 0. The fourth-order valence-electron chi connectivity index (χ4n) is 2.12. The Hall–Kier alpha value is -2.20. The van der Waals surface area contributed by atoms with Gasteiger partial charge in [-0.3, -0.25) is 9.69 Å². The summed E-state index contributed by atoms with van der Waals surface area (Å²) in [7, 11) is 1.81. The lowest BCUT2D eigenvalue weighted by Gasteiger charge is -2.16. The van der Waals surface area contributed by atoms with Crippen molar-refractivity contribution in [1.29, 1.82) is 0 Å². The summed E-state index contributed by atoms with van der Waals surface area (Å²) in [5, 5.41) is 9.63. The van der Waals surface area contributed by atoms with E-state index in [0.717, 1.165) is 17.7 Å². The Morgan fingerprint density at radius 1 is 1.19 bits per heavy atom. The van der Waals surface area contributed by atoms with Gasteiger partial charge in [-0.1, -0.05) is 29.8 Å². The lowest BCUT2D eigenvalue weighted by atomic mass is 10.1. The molecule has 0 atom stereocenters. The normalized spacial score (nSPS) is 10.9. The molecule has 0 saturated carbocycles. The third-order valence-corrected chi connectivity index (χ3v) is 3.25. The maximum absolute atomic E-state index is 13.2. The maximum Gasteiger partial charge on any atom is 0.180 e. The van der Waals surface area contributed by atoms with Gasteiger partial charge in [-0.25, -0.2) is 4.39 Å². The third kappa shape index (κ3) is 4.13. The SMILES string of the molecule is Cc1ccc(CN(C)CC(=O)c2cc(F)ccc2O)cc1. The van der Waals surface area contributed by atoms with E-state index in [9.17, 15) is 14.3 Å². The summed E-state index contributed by atoms with van der Waals surface area (Å²) < 4.78 is 13.2. The minimum absolute atomic E-state index is 0.0192. The highest BCUT2D eigenvalue weighted by molar-refractivity contribution is 5.99. The summed E-state index contributed by atoms with van der Waals surface area (Å²) in [6.45, 7) is 2.75. The second-order valence-corrected chi connectivity index (χ2v) is 5.24. The first-order valence-electron chi connectivity index (χ1n) is 6.71. The Labute approximate surface area is 123 Å². The van der Waals surface area contributed by atoms with Crippen molar-refractivity contribution in [3.8, 4) is 5.75 Å². The van der Waals surface area contributed by atoms with E-state index >= 15 is 0 Å². The highest BCUT2D eigenvalue weighted by Gasteiger charge is 2.14. The van der Waals surface area contributed by atoms with Crippen molar-refractivity contribution in [2.24, 2.45) is 0 Å². The first-order chi connectivity index (χ1) is 9.95. The van der Waals surface area contributed by atoms with Crippen molar-refractivity contribution in [2.45, 2.75) is 13.5 Å². The quantitative estimate of drug-likeness (QED) is 0.859. The number of aromatic hydroxyl groups is 1. The van der Waals surface area contributed by atoms with Crippen LogP contribution >= 0.6 is 0 Å². The molecule has 0 aliphatic rings. The molecule has 3 nitrogen and oxygen atoms in total. The molecule has 4 heteroatoms. The fourth-order valence-corrected chi connectivity index (χ4v) is 2.12. The molecular weight excluding hydrogens is 269 g/mol. The number of nitrogens with zero attached hydrogens (tertiary/aromatic N) is 1. The number of carbonyl (C=O) groups is 1. The number of phenols is 1. The van der Waals surface area contributed by atoms with E-state index in [1.807, 2.05) is 43.1 Å². The van der Waals surface area contributed by atoms with E-state index in [-0.39, 0.29) is 23.6 Å². The van der Waals surface area contributed by atoms with Crippen molar-refractivity contribution in [2.75, 3.05) is 13.6 Å². The topological polar surface area (TPSA) is 40.5 Å². The average Bonchev–Trinajstić information content (AvgIpc) is 2.44. The number of aryl methyl sites for hydroxylation is 1. The Kier molecular flexibility index (Phi) is 4.70. The highest BCUT2D eigenvalue weighted by Crippen LogP contribution is 2.19. The van der Waals surface area contributed by atoms with Gasteiger partial charge in [-0.2, -0.15) is 0 Å². The van der Waals surface area contributed by atoms with Gasteiger partial charge in [-0.15, -0.1) is 0 Å². The zero-order valence-corrected chi connectivity index (χ0v) is 12.1. The monoisotopic (exact) mass is 287 g/mol. The molecule has 0 heterocycles. The zero-order valence-electron chi connectivity index (χ0n) is 12.1. The van der Waals surface area contributed by atoms with Crippen molar-refractivity contribution >= 4 is 5.78 Å². The number of hydrogen-bond donors (Lipinski definition) is 1. The van der Waals surface area contributed by atoms with Gasteiger partial charge >= 0.3 is 0 Å². The number of hydrogen-bond acceptors (Lipinski definition) is 3. The molecular formula is C17H18FNO2. The minimum atomic E-state index is -0.530. The molecule has 2 rings (SSSR count). The van der Waals surface area contributed by atoms with Gasteiger partial charge in [-0.05, 0) is 37.7 Å². The van der Waals surface area contributed by atoms with Gasteiger partial charge in [0.1, 0.15) is 11.6 Å². The molecule has 110 valence electrons. The average molecular weight is 287 g/mol. The molecule has 21 heavy (non-hydrogen) atoms. The van der Waals surface area contributed by atoms with E-state index < -0.39 is 5.82 Å². The summed E-state index contributed by atoms with van der Waals surface area (Å²) in [5.74, 6) is -1.02. The number of halogens is 1. The Balaban J connectivity index is 2.01. The minimum Gasteiger partial charge on any atom is -0.507 e. The first kappa shape index (κ1) is 15.2. The molecule has 0 aliphatic carbocycles. The number of ketones is 1. The molecule has 1 N–H and O–H groups in total. The second-order valence-electron chi connectivity index (χ2n) is 5.24. The van der Waals surface area contributed by atoms with Crippen LogP contribution in [0.5, 0.6) is 5.75 Å². The third-order valence-electron chi connectivity index (χ3n) is 3.25. The van der Waals surface area contributed by atoms with E-state index in [0.29, 0.717) is 6.54 Å². The van der Waals surface area contributed by atoms with E-state index in [4.69, 9.17) is 0 Å². The first-order valence-corrected chi connectivity index (χ1v) is 6.71. The number of benzene rings is 2. The van der Waals surface area contributed by atoms with E-state index in [1.54, 1.807) is 0 Å². The summed E-state index contributed by atoms with van der Waals surface area (Å²) in [5.41, 5.74) is 2.30. The molecule has 0 fully saturated rings. The lowest BCUT2D eigenvalue weighted by molar-refractivity contribution is 0.0940. The Bertz CT molecular complexity index is 638. The van der Waals surface area contributed by atoms with Crippen LogP contribution in [0, 0.1) is 12.7 Å². The summed E-state index contributed by atoms with van der Waals surface area (Å²) in [6, 6.07) is 11.4. The van der Waals surface area contributed by atoms with Gasteiger partial charge in [0.15, 0.2) is 5.78 Å². The number of carbonyl (C=O) groups excluding carboxylic acids is 1. The van der Waals surface area contributed by atoms with Gasteiger partial charge in [0.2, 0.25) is 0 Å². The van der Waals surface area contributed by atoms with Crippen LogP contribution in [-0.2, 0) is 6.54 Å². The van der Waals surface area contributed by atoms with Crippen LogP contribution in [-0.4, -0.2) is 29.4 Å². The van der Waals surface area contributed by atoms with Gasteiger partial charge in [0.05, 0.1) is 12.1 Å². The predicted molar refractivity (Wildman–Crippen MR) is 79.9 cm³/mol. The van der Waals surface area contributed by atoms with Crippen molar-refractivity contribution < 1.29 is 14.3 Å². The van der Waals surface area contributed by atoms with Crippen LogP contribution in [0.4, 0.5) is 4.39 Å². The number of likely N-dealkylation sites (N-methyl/N-ethyl adjacent to an activating group) is 1. The maximum atomic E-state index is 13.2. The molecule has 0 unspecified atom stereocenters. The second kappa shape index (κ2) is 6.50. The van der Waals surface area contributed by atoms with Crippen LogP contribution in [0.25, 0.3) is 0 Å². The van der Waals surface area contributed by atoms with Gasteiger partial charge in [0, 0.05) is 6.54 Å². The molecule has 0 saturated heterocycles. The van der Waals surface area contributed by atoms with Crippen LogP contribution in [0.2, 0.25) is 0 Å². The molecule has 0 aliphatic heterocycles. The Morgan fingerprint density at radius 2 is 1.86 bits per heavy atom. The van der Waals surface area contributed by atoms with Crippen LogP contribution < -0.4 is 0 Å². The molecule has 0 bridgehead atoms. The molecule has 0 amide bonds. The molecule has 2 aromatic carbocycles. The lowest BCUT2D eigenvalue weighted by Crippen LogP contribution is -2.25. The van der Waals surface area contributed by atoms with Crippen molar-refractivity contribution in [3.63, 3.8) is 0 Å². The number of Topliss-reactive ketones (excluding diaryl/α,β-unsaturated/α-hetero) is 1. The molecule has 2 aromatic rings. The van der Waals surface area contributed by atoms with Crippen molar-refractivity contribution in [3.05, 3.63) is 65.0 Å². The van der Waals surface area contributed by atoms with Gasteiger partial charge in [0.25, 0.3) is 0 Å². The highest BCUT2D eigenvalue weighted by atomic mass is 19.1. The van der Waals surface area contributed by atoms with E-state index in [2.05, 4.69) is 0 Å². The molecule has 0 radical (unpaired) electrons. The van der Waals surface area contributed by atoms with Crippen LogP contribution in [0.3, 0.4) is 0 Å². The predicted octanol–water partition coefficient (Wildman–Crippen LogP) is 3.15.